The molecule has 0 aliphatic carbocycles. The Bertz CT molecular complexity index is 1080. The molecule has 0 radical (unpaired) electrons. The van der Waals surface area contributed by atoms with Crippen LogP contribution in [0, 0.1) is 5.92 Å². The van der Waals surface area contributed by atoms with Gasteiger partial charge in [-0.2, -0.15) is 0 Å². The molecule has 2 heterocycles. The molecule has 5 nitrogen and oxygen atoms in total. The number of hydrogen-bond acceptors (Lipinski definition) is 4. The first-order valence-corrected chi connectivity index (χ1v) is 10.5. The molecular weight excluding hydrogens is 400 g/mol. The number of nitrogens with zero attached hydrogens (tertiary/aromatic N) is 2. The maximum absolute atomic E-state index is 12.9. The maximum Gasteiger partial charge on any atom is 0.339 e. The summed E-state index contributed by atoms with van der Waals surface area (Å²) in [4.78, 5) is 31.8. The zero-order valence-electron chi connectivity index (χ0n) is 16.8. The first-order chi connectivity index (χ1) is 14.5. The van der Waals surface area contributed by atoms with Gasteiger partial charge < -0.3 is 9.64 Å². The molecule has 1 saturated heterocycles. The summed E-state index contributed by atoms with van der Waals surface area (Å²) in [6.45, 7) is 3.32. The molecule has 3 aromatic rings. The lowest BCUT2D eigenvalue weighted by molar-refractivity contribution is -0.136. The summed E-state index contributed by atoms with van der Waals surface area (Å²) in [7, 11) is 0. The number of halogens is 1. The summed E-state index contributed by atoms with van der Waals surface area (Å²) in [6, 6.07) is 16.4. The molecule has 4 rings (SSSR count). The average Bonchev–Trinajstić information content (AvgIpc) is 2.77. The summed E-state index contributed by atoms with van der Waals surface area (Å²) in [5.41, 5.74) is 2.57. The van der Waals surface area contributed by atoms with E-state index in [0.717, 1.165) is 31.5 Å². The van der Waals surface area contributed by atoms with Gasteiger partial charge in [0.25, 0.3) is 5.91 Å². The highest BCUT2D eigenvalue weighted by molar-refractivity contribution is 6.30. The number of carbonyl (C=O) groups is 2. The fourth-order valence-electron chi connectivity index (χ4n) is 3.83. The number of hydrogen-bond donors (Lipinski definition) is 0. The Morgan fingerprint density at radius 1 is 1.17 bits per heavy atom. The number of carbonyl (C=O) groups excluding carboxylic acids is 2. The van der Waals surface area contributed by atoms with E-state index in [1.807, 2.05) is 36.4 Å². The quantitative estimate of drug-likeness (QED) is 0.557. The molecule has 0 bridgehead atoms. The number of ether oxygens (including phenoxy) is 1. The van der Waals surface area contributed by atoms with Crippen LogP contribution >= 0.6 is 11.6 Å². The molecule has 154 valence electrons. The van der Waals surface area contributed by atoms with E-state index in [4.69, 9.17) is 16.3 Å². The number of esters is 1. The monoisotopic (exact) mass is 422 g/mol. The Labute approximate surface area is 180 Å². The van der Waals surface area contributed by atoms with E-state index in [9.17, 15) is 9.59 Å². The average molecular weight is 423 g/mol. The lowest BCUT2D eigenvalue weighted by Gasteiger charge is -2.30. The Morgan fingerprint density at radius 2 is 1.93 bits per heavy atom. The van der Waals surface area contributed by atoms with Crippen LogP contribution in [0.15, 0.2) is 54.6 Å². The fourth-order valence-corrected chi connectivity index (χ4v) is 3.95. The minimum atomic E-state index is -0.526. The van der Waals surface area contributed by atoms with Gasteiger partial charge >= 0.3 is 5.97 Å². The van der Waals surface area contributed by atoms with E-state index in [0.29, 0.717) is 33.1 Å². The van der Waals surface area contributed by atoms with Crippen LogP contribution in [-0.4, -0.2) is 41.5 Å². The van der Waals surface area contributed by atoms with Gasteiger partial charge in [0.1, 0.15) is 0 Å². The predicted octanol–water partition coefficient (Wildman–Crippen LogP) is 4.97. The van der Waals surface area contributed by atoms with E-state index in [1.54, 1.807) is 23.1 Å². The third-order valence-corrected chi connectivity index (χ3v) is 5.66. The standard InChI is InChI=1S/C24H23ClN2O3/c1-16-5-4-12-27(14-16)23(28)15-30-24(29)20-13-22(17-8-10-18(25)11-9-17)26-21-7-3-2-6-19(20)21/h2-3,6-11,13,16H,4-5,12,14-15H2,1H3. The van der Waals surface area contributed by atoms with Crippen molar-refractivity contribution in [1.29, 1.82) is 0 Å². The molecule has 2 aromatic carbocycles. The van der Waals surface area contributed by atoms with Gasteiger partial charge in [-0.25, -0.2) is 9.78 Å². The Balaban J connectivity index is 1.58. The van der Waals surface area contributed by atoms with Gasteiger partial charge in [0.05, 0.1) is 16.8 Å². The van der Waals surface area contributed by atoms with Crippen LogP contribution in [0.3, 0.4) is 0 Å². The molecule has 6 heteroatoms. The smallest absolute Gasteiger partial charge is 0.339 e. The van der Waals surface area contributed by atoms with Crippen molar-refractivity contribution in [2.45, 2.75) is 19.8 Å². The first-order valence-electron chi connectivity index (χ1n) is 10.1. The van der Waals surface area contributed by atoms with Crippen molar-refractivity contribution in [3.05, 3.63) is 65.2 Å². The molecule has 0 spiro atoms. The minimum absolute atomic E-state index is 0.147. The molecule has 1 aromatic heterocycles. The van der Waals surface area contributed by atoms with Crippen molar-refractivity contribution in [3.63, 3.8) is 0 Å². The SMILES string of the molecule is CC1CCCN(C(=O)COC(=O)c2cc(-c3ccc(Cl)cc3)nc3ccccc23)C1. The van der Waals surface area contributed by atoms with Crippen LogP contribution in [0.4, 0.5) is 0 Å². The summed E-state index contributed by atoms with van der Waals surface area (Å²) in [5.74, 6) is -0.196. The van der Waals surface area contributed by atoms with Crippen LogP contribution in [-0.2, 0) is 9.53 Å². The van der Waals surface area contributed by atoms with Crippen molar-refractivity contribution in [2.24, 2.45) is 5.92 Å². The van der Waals surface area contributed by atoms with Gasteiger partial charge in [-0.15, -0.1) is 0 Å². The number of rotatable bonds is 4. The number of likely N-dealkylation sites (tertiary alicyclic amines) is 1. The Morgan fingerprint density at radius 3 is 2.70 bits per heavy atom. The second-order valence-corrected chi connectivity index (χ2v) is 8.18. The molecule has 0 saturated carbocycles. The molecule has 1 aliphatic heterocycles. The first kappa shape index (κ1) is 20.4. The summed E-state index contributed by atoms with van der Waals surface area (Å²) < 4.78 is 5.42. The Kier molecular flexibility index (Phi) is 6.00. The van der Waals surface area contributed by atoms with Crippen LogP contribution in [0.5, 0.6) is 0 Å². The predicted molar refractivity (Wildman–Crippen MR) is 117 cm³/mol. The normalized spacial score (nSPS) is 16.5. The highest BCUT2D eigenvalue weighted by atomic mass is 35.5. The largest absolute Gasteiger partial charge is 0.452 e. The minimum Gasteiger partial charge on any atom is -0.452 e. The van der Waals surface area contributed by atoms with Crippen molar-refractivity contribution in [1.82, 2.24) is 9.88 Å². The zero-order valence-corrected chi connectivity index (χ0v) is 17.6. The number of fused-ring (bicyclic) bond motifs is 1. The molecule has 1 aliphatic rings. The molecule has 1 atom stereocenters. The highest BCUT2D eigenvalue weighted by Crippen LogP contribution is 2.26. The number of benzene rings is 2. The molecule has 30 heavy (non-hydrogen) atoms. The van der Waals surface area contributed by atoms with E-state index in [2.05, 4.69) is 11.9 Å². The van der Waals surface area contributed by atoms with Crippen LogP contribution < -0.4 is 0 Å². The molecule has 1 unspecified atom stereocenters. The third kappa shape index (κ3) is 4.46. The molecule has 1 fully saturated rings. The van der Waals surface area contributed by atoms with Crippen molar-refractivity contribution in [2.75, 3.05) is 19.7 Å². The van der Waals surface area contributed by atoms with Crippen molar-refractivity contribution < 1.29 is 14.3 Å². The maximum atomic E-state index is 12.9. The number of amides is 1. The third-order valence-electron chi connectivity index (χ3n) is 5.41. The van der Waals surface area contributed by atoms with Crippen molar-refractivity contribution >= 4 is 34.4 Å². The highest BCUT2D eigenvalue weighted by Gasteiger charge is 2.23. The van der Waals surface area contributed by atoms with E-state index >= 15 is 0 Å². The van der Waals surface area contributed by atoms with Crippen LogP contribution in [0.2, 0.25) is 5.02 Å². The van der Waals surface area contributed by atoms with E-state index in [-0.39, 0.29) is 12.5 Å². The number of pyridine rings is 1. The summed E-state index contributed by atoms with van der Waals surface area (Å²) >= 11 is 5.99. The van der Waals surface area contributed by atoms with Crippen molar-refractivity contribution in [3.8, 4) is 11.3 Å². The van der Waals surface area contributed by atoms with Gasteiger partial charge in [-0.1, -0.05) is 48.9 Å². The lowest BCUT2D eigenvalue weighted by atomic mass is 10.0. The molecular formula is C24H23ClN2O3. The summed E-state index contributed by atoms with van der Waals surface area (Å²) in [6.07, 6.45) is 2.11. The van der Waals surface area contributed by atoms with Crippen LogP contribution in [0.1, 0.15) is 30.1 Å². The van der Waals surface area contributed by atoms with Gasteiger partial charge in [0.2, 0.25) is 0 Å². The lowest BCUT2D eigenvalue weighted by Crippen LogP contribution is -2.41. The Hall–Kier alpha value is -2.92. The van der Waals surface area contributed by atoms with E-state index in [1.165, 1.54) is 0 Å². The van der Waals surface area contributed by atoms with Gasteiger partial charge in [0, 0.05) is 29.1 Å². The zero-order chi connectivity index (χ0) is 21.1. The second-order valence-electron chi connectivity index (χ2n) is 7.74. The molecule has 0 N–H and O–H groups in total. The van der Waals surface area contributed by atoms with Gasteiger partial charge in [-0.05, 0) is 43.0 Å². The molecule has 1 amide bonds. The van der Waals surface area contributed by atoms with E-state index < -0.39 is 5.97 Å². The van der Waals surface area contributed by atoms with Crippen LogP contribution in [0.25, 0.3) is 22.2 Å². The fraction of sp³-hybridized carbons (Fsp3) is 0.292. The topological polar surface area (TPSA) is 59.5 Å². The van der Waals surface area contributed by atoms with Gasteiger partial charge in [-0.3, -0.25) is 4.79 Å². The number of para-hydroxylation sites is 1. The number of piperidine rings is 1. The second kappa shape index (κ2) is 8.84. The number of aromatic nitrogens is 1. The summed E-state index contributed by atoms with van der Waals surface area (Å²) in [5, 5.41) is 1.32. The van der Waals surface area contributed by atoms with Gasteiger partial charge in [0.15, 0.2) is 6.61 Å².